The summed E-state index contributed by atoms with van der Waals surface area (Å²) in [6.07, 6.45) is 7.06. The molecule has 0 fully saturated rings. The maximum absolute atomic E-state index is 12.1. The van der Waals surface area contributed by atoms with Crippen LogP contribution < -0.4 is 10.9 Å². The molecule has 0 unspecified atom stereocenters. The number of carbonyl (C=O) groups excluding carboxylic acids is 1. The summed E-state index contributed by atoms with van der Waals surface area (Å²) in [6.45, 7) is 0.489. The van der Waals surface area contributed by atoms with E-state index >= 15 is 0 Å². The number of benzene rings is 1. The third-order valence-electron chi connectivity index (χ3n) is 3.51. The van der Waals surface area contributed by atoms with Crippen molar-refractivity contribution in [2.45, 2.75) is 19.4 Å². The van der Waals surface area contributed by atoms with E-state index in [2.05, 4.69) is 15.3 Å². The largest absolute Gasteiger partial charge is 0.324 e. The van der Waals surface area contributed by atoms with Crippen LogP contribution in [0.15, 0.2) is 59.9 Å². The fourth-order valence-corrected chi connectivity index (χ4v) is 2.39. The molecule has 0 aliphatic heterocycles. The minimum Gasteiger partial charge on any atom is -0.324 e. The molecule has 116 valence electrons. The highest BCUT2D eigenvalue weighted by Gasteiger charge is 2.06. The average Bonchev–Trinajstić information content (AvgIpc) is 2.57. The molecule has 0 aliphatic rings. The molecule has 0 radical (unpaired) electrons. The third kappa shape index (κ3) is 3.60. The smallest absolute Gasteiger partial charge is 0.268 e. The van der Waals surface area contributed by atoms with Crippen molar-refractivity contribution in [3.63, 3.8) is 0 Å². The monoisotopic (exact) mass is 308 g/mol. The summed E-state index contributed by atoms with van der Waals surface area (Å²) >= 11 is 0. The Hall–Kier alpha value is -3.02. The van der Waals surface area contributed by atoms with Gasteiger partial charge in [0, 0.05) is 36.9 Å². The number of amides is 1. The summed E-state index contributed by atoms with van der Waals surface area (Å²) in [5.74, 6) is -0.0924. The van der Waals surface area contributed by atoms with Crippen LogP contribution in [0.4, 0.5) is 5.69 Å². The Kier molecular flexibility index (Phi) is 4.42. The van der Waals surface area contributed by atoms with E-state index < -0.39 is 0 Å². The Morgan fingerprint density at radius 2 is 2.04 bits per heavy atom. The Balaban J connectivity index is 1.61. The van der Waals surface area contributed by atoms with E-state index in [1.807, 2.05) is 30.3 Å². The van der Waals surface area contributed by atoms with Crippen molar-refractivity contribution < 1.29 is 4.79 Å². The molecule has 0 aliphatic carbocycles. The maximum atomic E-state index is 12.1. The van der Waals surface area contributed by atoms with Crippen LogP contribution >= 0.6 is 0 Å². The van der Waals surface area contributed by atoms with Gasteiger partial charge in [0.2, 0.25) is 5.91 Å². The predicted molar refractivity (Wildman–Crippen MR) is 88.1 cm³/mol. The molecule has 2 aromatic heterocycles. The van der Waals surface area contributed by atoms with Gasteiger partial charge in [-0.05, 0) is 18.6 Å². The lowest BCUT2D eigenvalue weighted by atomic mass is 10.2. The van der Waals surface area contributed by atoms with E-state index in [0.29, 0.717) is 25.1 Å². The minimum atomic E-state index is -0.161. The van der Waals surface area contributed by atoms with Crippen molar-refractivity contribution in [3.8, 4) is 0 Å². The third-order valence-corrected chi connectivity index (χ3v) is 3.51. The van der Waals surface area contributed by atoms with Crippen LogP contribution in [0.3, 0.4) is 0 Å². The molecule has 6 heteroatoms. The first-order chi connectivity index (χ1) is 11.2. The molecular formula is C17H16N4O2. The highest BCUT2D eigenvalue weighted by molar-refractivity contribution is 6.00. The molecule has 23 heavy (non-hydrogen) atoms. The van der Waals surface area contributed by atoms with Gasteiger partial charge < -0.3 is 9.88 Å². The van der Waals surface area contributed by atoms with Crippen LogP contribution in [0.1, 0.15) is 12.8 Å². The summed E-state index contributed by atoms with van der Waals surface area (Å²) in [5.41, 5.74) is 1.31. The fraction of sp³-hybridized carbons (Fsp3) is 0.176. The summed E-state index contributed by atoms with van der Waals surface area (Å²) in [5, 5.41) is 3.86. The first-order valence-corrected chi connectivity index (χ1v) is 7.38. The van der Waals surface area contributed by atoms with Crippen LogP contribution in [0.5, 0.6) is 0 Å². The molecule has 1 amide bonds. The Bertz CT molecular complexity index is 883. The molecule has 0 spiro atoms. The van der Waals surface area contributed by atoms with Crippen molar-refractivity contribution in [3.05, 3.63) is 65.5 Å². The van der Waals surface area contributed by atoms with Crippen molar-refractivity contribution >= 4 is 22.5 Å². The molecule has 0 saturated heterocycles. The summed E-state index contributed by atoms with van der Waals surface area (Å²) < 4.78 is 1.54. The van der Waals surface area contributed by atoms with E-state index in [-0.39, 0.29) is 11.5 Å². The number of para-hydroxylation sites is 1. The second-order valence-corrected chi connectivity index (χ2v) is 5.14. The second kappa shape index (κ2) is 6.83. The number of hydrogen-bond acceptors (Lipinski definition) is 4. The fourth-order valence-electron chi connectivity index (χ4n) is 2.39. The number of nitrogens with one attached hydrogen (secondary N) is 1. The van der Waals surface area contributed by atoms with Gasteiger partial charge in [0.1, 0.15) is 0 Å². The van der Waals surface area contributed by atoms with Crippen molar-refractivity contribution in [2.75, 3.05) is 5.32 Å². The van der Waals surface area contributed by atoms with Crippen LogP contribution in [-0.4, -0.2) is 20.4 Å². The van der Waals surface area contributed by atoms with Gasteiger partial charge in [0.15, 0.2) is 0 Å². The topological polar surface area (TPSA) is 76.9 Å². The van der Waals surface area contributed by atoms with Crippen molar-refractivity contribution in [1.82, 2.24) is 14.5 Å². The highest BCUT2D eigenvalue weighted by atomic mass is 16.1. The number of carbonyl (C=O) groups is 1. The van der Waals surface area contributed by atoms with Gasteiger partial charge in [-0.15, -0.1) is 0 Å². The second-order valence-electron chi connectivity index (χ2n) is 5.14. The van der Waals surface area contributed by atoms with Crippen LogP contribution in [0.25, 0.3) is 10.9 Å². The van der Waals surface area contributed by atoms with E-state index in [1.54, 1.807) is 23.2 Å². The highest BCUT2D eigenvalue weighted by Crippen LogP contribution is 2.20. The van der Waals surface area contributed by atoms with Crippen molar-refractivity contribution in [2.24, 2.45) is 0 Å². The van der Waals surface area contributed by atoms with E-state index in [9.17, 15) is 9.59 Å². The SMILES string of the molecule is O=C(CCCn1ccncc1=O)Nc1cccc2cccnc12. The summed E-state index contributed by atoms with van der Waals surface area (Å²) in [7, 11) is 0. The van der Waals surface area contributed by atoms with Gasteiger partial charge in [0.25, 0.3) is 5.56 Å². The van der Waals surface area contributed by atoms with Crippen LogP contribution in [0, 0.1) is 0 Å². The van der Waals surface area contributed by atoms with Gasteiger partial charge >= 0.3 is 0 Å². The number of fused-ring (bicyclic) bond motifs is 1. The molecular weight excluding hydrogens is 292 g/mol. The lowest BCUT2D eigenvalue weighted by Gasteiger charge is -2.08. The first-order valence-electron chi connectivity index (χ1n) is 7.38. The van der Waals surface area contributed by atoms with Gasteiger partial charge in [-0.3, -0.25) is 19.6 Å². The van der Waals surface area contributed by atoms with E-state index in [0.717, 1.165) is 10.9 Å². The molecule has 3 aromatic rings. The summed E-state index contributed by atoms with van der Waals surface area (Å²) in [4.78, 5) is 31.7. The lowest BCUT2D eigenvalue weighted by Crippen LogP contribution is -2.20. The van der Waals surface area contributed by atoms with Crippen LogP contribution in [-0.2, 0) is 11.3 Å². The Morgan fingerprint density at radius 3 is 2.91 bits per heavy atom. The van der Waals surface area contributed by atoms with Crippen molar-refractivity contribution in [1.29, 1.82) is 0 Å². The molecule has 6 nitrogen and oxygen atoms in total. The number of anilines is 1. The molecule has 1 aromatic carbocycles. The van der Waals surface area contributed by atoms with Gasteiger partial charge in [-0.25, -0.2) is 0 Å². The quantitative estimate of drug-likeness (QED) is 0.784. The standard InChI is InChI=1S/C17H16N4O2/c22-15(7-3-10-21-11-9-18-12-16(21)23)20-14-6-1-4-13-5-2-8-19-17(13)14/h1-2,4-6,8-9,11-12H,3,7,10H2,(H,20,22). The van der Waals surface area contributed by atoms with Gasteiger partial charge in [0.05, 0.1) is 17.4 Å². The number of aryl methyl sites for hydroxylation is 1. The molecule has 3 rings (SSSR count). The average molecular weight is 308 g/mol. The number of hydrogen-bond donors (Lipinski definition) is 1. The minimum absolute atomic E-state index is 0.0924. The molecule has 0 saturated carbocycles. The number of nitrogens with zero attached hydrogens (tertiary/aromatic N) is 3. The molecule has 0 bridgehead atoms. The maximum Gasteiger partial charge on any atom is 0.268 e. The zero-order valence-electron chi connectivity index (χ0n) is 12.5. The molecule has 1 N–H and O–H groups in total. The first kappa shape index (κ1) is 14.9. The number of pyridine rings is 1. The lowest BCUT2D eigenvalue weighted by molar-refractivity contribution is -0.116. The van der Waals surface area contributed by atoms with Crippen LogP contribution in [0.2, 0.25) is 0 Å². The predicted octanol–water partition coefficient (Wildman–Crippen LogP) is 2.21. The zero-order valence-corrected chi connectivity index (χ0v) is 12.5. The number of aromatic nitrogens is 3. The molecule has 0 atom stereocenters. The molecule has 2 heterocycles. The normalized spacial score (nSPS) is 10.6. The number of rotatable bonds is 5. The Morgan fingerprint density at radius 1 is 1.17 bits per heavy atom. The zero-order chi connectivity index (χ0) is 16.1. The van der Waals surface area contributed by atoms with E-state index in [4.69, 9.17) is 0 Å². The van der Waals surface area contributed by atoms with Gasteiger partial charge in [-0.2, -0.15) is 0 Å². The van der Waals surface area contributed by atoms with E-state index in [1.165, 1.54) is 6.20 Å². The summed E-state index contributed by atoms with van der Waals surface area (Å²) in [6, 6.07) is 9.48. The van der Waals surface area contributed by atoms with Gasteiger partial charge in [-0.1, -0.05) is 18.2 Å². The Labute approximate surface area is 132 Å².